The molecule has 0 saturated carbocycles. The van der Waals surface area contributed by atoms with Gasteiger partial charge in [0, 0.05) is 19.0 Å². The van der Waals surface area contributed by atoms with Gasteiger partial charge in [0.1, 0.15) is 10.7 Å². The van der Waals surface area contributed by atoms with Crippen LogP contribution in [0.2, 0.25) is 0 Å². The second-order valence-electron chi connectivity index (χ2n) is 4.59. The second-order valence-corrected chi connectivity index (χ2v) is 6.28. The number of hydrogen-bond donors (Lipinski definition) is 2. The van der Waals surface area contributed by atoms with Gasteiger partial charge in [-0.3, -0.25) is 4.79 Å². The molecule has 0 radical (unpaired) electrons. The van der Waals surface area contributed by atoms with Gasteiger partial charge in [0.25, 0.3) is 0 Å². The number of nitrogens with one attached hydrogen (secondary N) is 2. The molecule has 1 unspecified atom stereocenters. The summed E-state index contributed by atoms with van der Waals surface area (Å²) >= 11 is 0. The molecule has 5 nitrogen and oxygen atoms in total. The topological polar surface area (TPSA) is 75.3 Å². The van der Waals surface area contributed by atoms with E-state index >= 15 is 0 Å². The molecule has 2 rings (SSSR count). The molecule has 1 fully saturated rings. The summed E-state index contributed by atoms with van der Waals surface area (Å²) in [6.07, 6.45) is 0.683. The van der Waals surface area contributed by atoms with E-state index in [-0.39, 0.29) is 23.8 Å². The highest BCUT2D eigenvalue weighted by Crippen LogP contribution is 2.17. The first-order chi connectivity index (χ1) is 8.88. The third-order valence-corrected chi connectivity index (χ3v) is 4.50. The maximum Gasteiger partial charge on any atom is 0.243 e. The third kappa shape index (κ3) is 3.30. The van der Waals surface area contributed by atoms with Crippen molar-refractivity contribution in [1.82, 2.24) is 10.0 Å². The van der Waals surface area contributed by atoms with E-state index in [1.807, 2.05) is 0 Å². The summed E-state index contributed by atoms with van der Waals surface area (Å²) in [7, 11) is -3.91. The van der Waals surface area contributed by atoms with Gasteiger partial charge in [0.15, 0.2) is 0 Å². The second kappa shape index (κ2) is 5.26. The van der Waals surface area contributed by atoms with Crippen LogP contribution in [0.3, 0.4) is 0 Å². The molecule has 1 amide bonds. The Bertz CT molecular complexity index is 591. The van der Waals surface area contributed by atoms with E-state index in [9.17, 15) is 17.6 Å². The van der Waals surface area contributed by atoms with Crippen molar-refractivity contribution in [2.75, 3.05) is 6.54 Å². The van der Waals surface area contributed by atoms with Crippen LogP contribution >= 0.6 is 0 Å². The summed E-state index contributed by atoms with van der Waals surface area (Å²) in [5.41, 5.74) is 0.665. The molecule has 1 aliphatic heterocycles. The molecule has 0 bridgehead atoms. The van der Waals surface area contributed by atoms with E-state index in [1.54, 1.807) is 6.92 Å². The summed E-state index contributed by atoms with van der Waals surface area (Å²) in [5.74, 6) is -0.880. The molecular weight excluding hydrogens is 271 g/mol. The minimum Gasteiger partial charge on any atom is -0.355 e. The zero-order valence-corrected chi connectivity index (χ0v) is 11.3. The lowest BCUT2D eigenvalue weighted by Gasteiger charge is -2.23. The van der Waals surface area contributed by atoms with Gasteiger partial charge in [-0.1, -0.05) is 6.07 Å². The molecule has 1 saturated heterocycles. The summed E-state index contributed by atoms with van der Waals surface area (Å²) < 4.78 is 40.2. The Hall–Kier alpha value is -1.47. The Labute approximate surface area is 111 Å². The Morgan fingerprint density at radius 1 is 1.42 bits per heavy atom. The standard InChI is InChI=1S/C12H15FN2O3S/c1-8-2-4-10(13)11(6-8)19(17,18)15-9-3-5-12(16)14-7-9/h2,4,6,9,15H,3,5,7H2,1H3,(H,14,16). The number of hydrogen-bond acceptors (Lipinski definition) is 3. The third-order valence-electron chi connectivity index (χ3n) is 2.96. The Morgan fingerprint density at radius 3 is 2.79 bits per heavy atom. The highest BCUT2D eigenvalue weighted by molar-refractivity contribution is 7.89. The quantitative estimate of drug-likeness (QED) is 0.858. The van der Waals surface area contributed by atoms with Crippen molar-refractivity contribution in [1.29, 1.82) is 0 Å². The van der Waals surface area contributed by atoms with Crippen LogP contribution < -0.4 is 10.0 Å². The minimum absolute atomic E-state index is 0.0998. The molecule has 1 heterocycles. The zero-order chi connectivity index (χ0) is 14.0. The Morgan fingerprint density at radius 2 is 2.16 bits per heavy atom. The van der Waals surface area contributed by atoms with Crippen molar-refractivity contribution in [2.24, 2.45) is 0 Å². The SMILES string of the molecule is Cc1ccc(F)c(S(=O)(=O)NC2CCC(=O)NC2)c1. The fraction of sp³-hybridized carbons (Fsp3) is 0.417. The smallest absolute Gasteiger partial charge is 0.243 e. The van der Waals surface area contributed by atoms with Crippen molar-refractivity contribution >= 4 is 15.9 Å². The van der Waals surface area contributed by atoms with E-state index < -0.39 is 21.9 Å². The van der Waals surface area contributed by atoms with Crippen LogP contribution in [-0.4, -0.2) is 26.9 Å². The molecule has 0 spiro atoms. The fourth-order valence-electron chi connectivity index (χ4n) is 1.93. The van der Waals surface area contributed by atoms with Gasteiger partial charge in [0.2, 0.25) is 15.9 Å². The maximum atomic E-state index is 13.6. The normalized spacial score (nSPS) is 20.1. The molecule has 1 aromatic rings. The van der Waals surface area contributed by atoms with Crippen LogP contribution in [0.4, 0.5) is 4.39 Å². The van der Waals surface area contributed by atoms with Gasteiger partial charge in [-0.15, -0.1) is 0 Å². The van der Waals surface area contributed by atoms with Crippen molar-refractivity contribution < 1.29 is 17.6 Å². The van der Waals surface area contributed by atoms with E-state index in [4.69, 9.17) is 0 Å². The van der Waals surface area contributed by atoms with Gasteiger partial charge in [-0.05, 0) is 31.0 Å². The lowest BCUT2D eigenvalue weighted by molar-refractivity contribution is -0.122. The van der Waals surface area contributed by atoms with Gasteiger partial charge in [-0.25, -0.2) is 17.5 Å². The number of aryl methyl sites for hydroxylation is 1. The first-order valence-corrected chi connectivity index (χ1v) is 7.42. The fourth-order valence-corrected chi connectivity index (χ4v) is 3.37. The van der Waals surface area contributed by atoms with E-state index in [0.29, 0.717) is 12.0 Å². The van der Waals surface area contributed by atoms with Gasteiger partial charge in [-0.2, -0.15) is 0 Å². The Kier molecular flexibility index (Phi) is 3.86. The molecule has 104 valence electrons. The van der Waals surface area contributed by atoms with Crippen LogP contribution in [0.5, 0.6) is 0 Å². The highest BCUT2D eigenvalue weighted by Gasteiger charge is 2.26. The average molecular weight is 286 g/mol. The molecule has 0 aliphatic carbocycles. The number of carbonyl (C=O) groups is 1. The largest absolute Gasteiger partial charge is 0.355 e. The van der Waals surface area contributed by atoms with Gasteiger partial charge >= 0.3 is 0 Å². The number of amides is 1. The Balaban J connectivity index is 2.18. The first-order valence-electron chi connectivity index (χ1n) is 5.94. The van der Waals surface area contributed by atoms with Gasteiger partial charge < -0.3 is 5.32 Å². The number of sulfonamides is 1. The predicted molar refractivity (Wildman–Crippen MR) is 67.5 cm³/mol. The zero-order valence-electron chi connectivity index (χ0n) is 10.4. The molecule has 1 aliphatic rings. The average Bonchev–Trinajstić information content (AvgIpc) is 2.35. The van der Waals surface area contributed by atoms with Crippen molar-refractivity contribution in [2.45, 2.75) is 30.7 Å². The monoisotopic (exact) mass is 286 g/mol. The first kappa shape index (κ1) is 14.0. The molecular formula is C12H15FN2O3S. The minimum atomic E-state index is -3.91. The van der Waals surface area contributed by atoms with Crippen LogP contribution in [0, 0.1) is 12.7 Å². The lowest BCUT2D eigenvalue weighted by atomic mass is 10.1. The van der Waals surface area contributed by atoms with E-state index in [0.717, 1.165) is 6.07 Å². The molecule has 1 aromatic carbocycles. The van der Waals surface area contributed by atoms with Crippen LogP contribution in [0.25, 0.3) is 0 Å². The number of benzene rings is 1. The summed E-state index contributed by atoms with van der Waals surface area (Å²) in [6, 6.07) is 3.53. The van der Waals surface area contributed by atoms with Crippen LogP contribution in [0.1, 0.15) is 18.4 Å². The lowest BCUT2D eigenvalue weighted by Crippen LogP contribution is -2.47. The van der Waals surface area contributed by atoms with Crippen LogP contribution in [0.15, 0.2) is 23.1 Å². The molecule has 1 atom stereocenters. The number of carbonyl (C=O) groups excluding carboxylic acids is 1. The van der Waals surface area contributed by atoms with Gasteiger partial charge in [0.05, 0.1) is 0 Å². The highest BCUT2D eigenvalue weighted by atomic mass is 32.2. The van der Waals surface area contributed by atoms with E-state index in [1.165, 1.54) is 12.1 Å². The number of piperidine rings is 1. The molecule has 7 heteroatoms. The summed E-state index contributed by atoms with van der Waals surface area (Å²) in [5, 5.41) is 2.57. The summed E-state index contributed by atoms with van der Waals surface area (Å²) in [4.78, 5) is 10.6. The molecule has 19 heavy (non-hydrogen) atoms. The predicted octanol–water partition coefficient (Wildman–Crippen LogP) is 0.691. The molecule has 2 N–H and O–H groups in total. The van der Waals surface area contributed by atoms with Crippen molar-refractivity contribution in [3.8, 4) is 0 Å². The van der Waals surface area contributed by atoms with E-state index in [2.05, 4.69) is 10.0 Å². The maximum absolute atomic E-state index is 13.6. The number of rotatable bonds is 3. The van der Waals surface area contributed by atoms with Crippen LogP contribution in [-0.2, 0) is 14.8 Å². The van der Waals surface area contributed by atoms with Crippen molar-refractivity contribution in [3.05, 3.63) is 29.6 Å². The molecule has 0 aromatic heterocycles. The van der Waals surface area contributed by atoms with Crippen molar-refractivity contribution in [3.63, 3.8) is 0 Å². The number of halogens is 1. The summed E-state index contributed by atoms with van der Waals surface area (Å²) in [6.45, 7) is 1.92.